The maximum atomic E-state index is 5.83. The van der Waals surface area contributed by atoms with Gasteiger partial charge in [-0.1, -0.05) is 19.8 Å². The van der Waals surface area contributed by atoms with Gasteiger partial charge in [-0.25, -0.2) is 4.98 Å². The molecule has 1 aliphatic carbocycles. The molecular weight excluding hydrogens is 234 g/mol. The Morgan fingerprint density at radius 1 is 1.26 bits per heavy atom. The lowest BCUT2D eigenvalue weighted by Gasteiger charge is -2.32. The number of hydrogen-bond donors (Lipinski definition) is 1. The van der Waals surface area contributed by atoms with Gasteiger partial charge < -0.3 is 10.6 Å². The van der Waals surface area contributed by atoms with E-state index >= 15 is 0 Å². The van der Waals surface area contributed by atoms with E-state index in [1.54, 1.807) is 0 Å². The predicted octanol–water partition coefficient (Wildman–Crippen LogP) is 2.87. The third kappa shape index (κ3) is 2.48. The highest BCUT2D eigenvalue weighted by atomic mass is 15.2. The zero-order chi connectivity index (χ0) is 13.2. The van der Waals surface area contributed by atoms with E-state index in [0.717, 1.165) is 18.4 Å². The smallest absolute Gasteiger partial charge is 0.129 e. The van der Waals surface area contributed by atoms with Gasteiger partial charge in [0, 0.05) is 24.8 Å². The number of anilines is 1. The molecule has 1 aromatic heterocycles. The van der Waals surface area contributed by atoms with Crippen molar-refractivity contribution in [2.24, 2.45) is 11.7 Å². The van der Waals surface area contributed by atoms with Gasteiger partial charge in [-0.3, -0.25) is 0 Å². The molecule has 1 aromatic rings. The molecular formula is C16H25N3. The molecule has 2 unspecified atom stereocenters. The number of pyridine rings is 1. The second-order valence-electron chi connectivity index (χ2n) is 5.98. The molecule has 2 heterocycles. The normalized spacial score (nSPS) is 26.5. The summed E-state index contributed by atoms with van der Waals surface area (Å²) in [7, 11) is 0. The van der Waals surface area contributed by atoms with Crippen molar-refractivity contribution in [2.75, 3.05) is 11.4 Å². The summed E-state index contributed by atoms with van der Waals surface area (Å²) in [6.45, 7) is 3.96. The van der Waals surface area contributed by atoms with Crippen LogP contribution in [0.4, 0.5) is 5.82 Å². The maximum absolute atomic E-state index is 5.83. The van der Waals surface area contributed by atoms with E-state index in [9.17, 15) is 0 Å². The minimum atomic E-state index is 0.616. The van der Waals surface area contributed by atoms with Gasteiger partial charge in [0.05, 0.1) is 0 Å². The monoisotopic (exact) mass is 259 g/mol. The summed E-state index contributed by atoms with van der Waals surface area (Å²) >= 11 is 0. The average molecular weight is 259 g/mol. The molecule has 3 nitrogen and oxygen atoms in total. The topological polar surface area (TPSA) is 42.1 Å². The Kier molecular flexibility index (Phi) is 3.74. The highest BCUT2D eigenvalue weighted by molar-refractivity contribution is 5.45. The van der Waals surface area contributed by atoms with Crippen LogP contribution in [0.5, 0.6) is 0 Å². The van der Waals surface area contributed by atoms with E-state index in [2.05, 4.69) is 24.0 Å². The molecule has 3 heteroatoms. The number of fused-ring (bicyclic) bond motifs is 1. The lowest BCUT2D eigenvalue weighted by Crippen LogP contribution is -2.35. The van der Waals surface area contributed by atoms with Gasteiger partial charge in [0.15, 0.2) is 0 Å². The number of rotatable bonds is 3. The minimum absolute atomic E-state index is 0.616. The van der Waals surface area contributed by atoms with Gasteiger partial charge >= 0.3 is 0 Å². The van der Waals surface area contributed by atoms with Gasteiger partial charge in [-0.05, 0) is 49.3 Å². The molecule has 0 amide bonds. The Balaban J connectivity index is 1.88. The van der Waals surface area contributed by atoms with E-state index in [0.29, 0.717) is 6.54 Å². The molecule has 2 fully saturated rings. The van der Waals surface area contributed by atoms with E-state index in [1.807, 2.05) is 0 Å². The van der Waals surface area contributed by atoms with Gasteiger partial charge in [-0.15, -0.1) is 0 Å². The third-order valence-electron chi connectivity index (χ3n) is 4.83. The van der Waals surface area contributed by atoms with E-state index < -0.39 is 0 Å². The molecule has 0 spiro atoms. The molecule has 0 bridgehead atoms. The molecule has 0 aromatic carbocycles. The van der Waals surface area contributed by atoms with E-state index in [1.165, 1.54) is 55.7 Å². The number of nitrogens with zero attached hydrogens (tertiary/aromatic N) is 2. The van der Waals surface area contributed by atoms with Crippen LogP contribution in [0.25, 0.3) is 0 Å². The fourth-order valence-electron chi connectivity index (χ4n) is 3.77. The first kappa shape index (κ1) is 12.9. The molecule has 1 saturated carbocycles. The summed E-state index contributed by atoms with van der Waals surface area (Å²) in [6.07, 6.45) is 7.91. The summed E-state index contributed by atoms with van der Waals surface area (Å²) in [5.41, 5.74) is 8.23. The molecule has 2 N–H and O–H groups in total. The number of hydrogen-bond acceptors (Lipinski definition) is 3. The summed E-state index contributed by atoms with van der Waals surface area (Å²) in [4.78, 5) is 7.40. The summed E-state index contributed by atoms with van der Waals surface area (Å²) in [5, 5.41) is 0. The molecule has 3 rings (SSSR count). The van der Waals surface area contributed by atoms with Crippen LogP contribution >= 0.6 is 0 Å². The van der Waals surface area contributed by atoms with Crippen molar-refractivity contribution < 1.29 is 0 Å². The van der Waals surface area contributed by atoms with Crippen LogP contribution in [0, 0.1) is 5.92 Å². The molecule has 19 heavy (non-hydrogen) atoms. The van der Waals surface area contributed by atoms with Crippen LogP contribution in [0.3, 0.4) is 0 Å². The van der Waals surface area contributed by atoms with Crippen LogP contribution < -0.4 is 10.6 Å². The Morgan fingerprint density at radius 3 is 2.89 bits per heavy atom. The maximum Gasteiger partial charge on any atom is 0.129 e. The fraction of sp³-hybridized carbons (Fsp3) is 0.688. The van der Waals surface area contributed by atoms with Crippen molar-refractivity contribution in [1.82, 2.24) is 4.98 Å². The Morgan fingerprint density at radius 2 is 2.11 bits per heavy atom. The van der Waals surface area contributed by atoms with Crippen LogP contribution in [0.2, 0.25) is 0 Å². The number of aryl methyl sites for hydroxylation is 1. The van der Waals surface area contributed by atoms with Gasteiger partial charge in [0.25, 0.3) is 0 Å². The standard InChI is InChI=1S/C16H25N3/c1-2-14-9-12(11-17)10-16(18-14)19-8-7-13-5-3-4-6-15(13)19/h9-10,13,15H,2-8,11,17H2,1H3. The van der Waals surface area contributed by atoms with Gasteiger partial charge in [0.2, 0.25) is 0 Å². The van der Waals surface area contributed by atoms with Gasteiger partial charge in [-0.2, -0.15) is 0 Å². The second-order valence-corrected chi connectivity index (χ2v) is 5.98. The first-order chi connectivity index (χ1) is 9.31. The highest BCUT2D eigenvalue weighted by Gasteiger charge is 2.36. The van der Waals surface area contributed by atoms with Gasteiger partial charge in [0.1, 0.15) is 5.82 Å². The van der Waals surface area contributed by atoms with E-state index in [-0.39, 0.29) is 0 Å². The van der Waals surface area contributed by atoms with Crippen molar-refractivity contribution in [3.63, 3.8) is 0 Å². The average Bonchev–Trinajstić information content (AvgIpc) is 2.90. The SMILES string of the molecule is CCc1cc(CN)cc(N2CCC3CCCCC32)n1. The molecule has 2 atom stereocenters. The van der Waals surface area contributed by atoms with Crippen LogP contribution in [0.15, 0.2) is 12.1 Å². The summed E-state index contributed by atoms with van der Waals surface area (Å²) < 4.78 is 0. The molecule has 1 saturated heterocycles. The Hall–Kier alpha value is -1.09. The summed E-state index contributed by atoms with van der Waals surface area (Å²) in [6, 6.07) is 5.09. The fourth-order valence-corrected chi connectivity index (χ4v) is 3.77. The van der Waals surface area contributed by atoms with E-state index in [4.69, 9.17) is 10.7 Å². The lowest BCUT2D eigenvalue weighted by atomic mass is 9.85. The van der Waals surface area contributed by atoms with Crippen molar-refractivity contribution in [2.45, 2.75) is 58.0 Å². The second kappa shape index (κ2) is 5.49. The molecule has 2 aliphatic rings. The molecule has 0 radical (unpaired) electrons. The zero-order valence-corrected chi connectivity index (χ0v) is 11.9. The Bertz CT molecular complexity index is 421. The van der Waals surface area contributed by atoms with Crippen LogP contribution in [0.1, 0.15) is 50.3 Å². The number of nitrogens with two attached hydrogens (primary N) is 1. The first-order valence-corrected chi connectivity index (χ1v) is 7.78. The first-order valence-electron chi connectivity index (χ1n) is 7.78. The largest absolute Gasteiger partial charge is 0.353 e. The van der Waals surface area contributed by atoms with Crippen molar-refractivity contribution in [3.8, 4) is 0 Å². The van der Waals surface area contributed by atoms with Crippen molar-refractivity contribution in [3.05, 3.63) is 23.4 Å². The minimum Gasteiger partial charge on any atom is -0.353 e. The molecule has 1 aliphatic heterocycles. The molecule has 104 valence electrons. The van der Waals surface area contributed by atoms with Crippen LogP contribution in [-0.4, -0.2) is 17.6 Å². The summed E-state index contributed by atoms with van der Waals surface area (Å²) in [5.74, 6) is 2.08. The van der Waals surface area contributed by atoms with Crippen molar-refractivity contribution >= 4 is 5.82 Å². The predicted molar refractivity (Wildman–Crippen MR) is 79.2 cm³/mol. The quantitative estimate of drug-likeness (QED) is 0.907. The lowest BCUT2D eigenvalue weighted by molar-refractivity contribution is 0.341. The highest BCUT2D eigenvalue weighted by Crippen LogP contribution is 2.38. The van der Waals surface area contributed by atoms with Crippen molar-refractivity contribution in [1.29, 1.82) is 0 Å². The zero-order valence-electron chi connectivity index (χ0n) is 11.9. The number of aromatic nitrogens is 1. The van der Waals surface area contributed by atoms with Crippen LogP contribution in [-0.2, 0) is 13.0 Å². The third-order valence-corrected chi connectivity index (χ3v) is 4.83. The Labute approximate surface area is 116 Å².